The van der Waals surface area contributed by atoms with Gasteiger partial charge in [-0.25, -0.2) is 9.97 Å². The maximum atomic E-state index is 5.90. The number of nitrogens with zero attached hydrogens (tertiary/aromatic N) is 4. The van der Waals surface area contributed by atoms with Crippen molar-refractivity contribution < 1.29 is 0 Å². The molecule has 0 unspecified atom stereocenters. The first-order valence-electron chi connectivity index (χ1n) is 5.71. The molecule has 7 heteroatoms. The third-order valence-corrected chi connectivity index (χ3v) is 3.10. The van der Waals surface area contributed by atoms with Crippen molar-refractivity contribution in [1.29, 1.82) is 0 Å². The highest BCUT2D eigenvalue weighted by atomic mass is 15.2. The fourth-order valence-corrected chi connectivity index (χ4v) is 2.18. The molecule has 19 heavy (non-hydrogen) atoms. The van der Waals surface area contributed by atoms with Crippen LogP contribution in [-0.4, -0.2) is 30.4 Å². The van der Waals surface area contributed by atoms with Gasteiger partial charge in [0.05, 0.1) is 17.1 Å². The topological polar surface area (TPSA) is 109 Å². The number of fused-ring (bicyclic) bond motifs is 2. The highest BCUT2D eigenvalue weighted by Gasteiger charge is 2.13. The zero-order chi connectivity index (χ0) is 12.8. The lowest BCUT2D eigenvalue weighted by molar-refractivity contribution is 1.09. The van der Waals surface area contributed by atoms with Gasteiger partial charge in [0.15, 0.2) is 5.65 Å². The Labute approximate surface area is 106 Å². The molecule has 0 aliphatic heterocycles. The molecule has 4 aromatic rings. The molecule has 0 amide bonds. The summed E-state index contributed by atoms with van der Waals surface area (Å²) in [5, 5.41) is 15.9. The Kier molecular flexibility index (Phi) is 1.85. The van der Waals surface area contributed by atoms with E-state index in [1.54, 1.807) is 6.20 Å². The molecule has 92 valence electrons. The second-order valence-corrected chi connectivity index (χ2v) is 4.23. The van der Waals surface area contributed by atoms with Crippen LogP contribution in [0.5, 0.6) is 0 Å². The summed E-state index contributed by atoms with van der Waals surface area (Å²) in [5.41, 5.74) is 9.16. The Bertz CT molecular complexity index is 889. The summed E-state index contributed by atoms with van der Waals surface area (Å²) in [4.78, 5) is 8.12. The number of benzene rings is 1. The van der Waals surface area contributed by atoms with Gasteiger partial charge < -0.3 is 5.73 Å². The minimum atomic E-state index is 0.415. The Morgan fingerprint density at radius 2 is 2.05 bits per heavy atom. The van der Waals surface area contributed by atoms with Crippen LogP contribution in [0.25, 0.3) is 33.2 Å². The molecule has 4 rings (SSSR count). The Balaban J connectivity index is 2.03. The van der Waals surface area contributed by atoms with Gasteiger partial charge in [0.1, 0.15) is 17.8 Å². The minimum Gasteiger partial charge on any atom is -0.383 e. The molecule has 0 radical (unpaired) electrons. The monoisotopic (exact) mass is 251 g/mol. The highest BCUT2D eigenvalue weighted by molar-refractivity contribution is 5.99. The number of rotatable bonds is 1. The van der Waals surface area contributed by atoms with E-state index in [0.29, 0.717) is 11.5 Å². The van der Waals surface area contributed by atoms with E-state index in [1.807, 2.05) is 18.2 Å². The van der Waals surface area contributed by atoms with Crippen LogP contribution < -0.4 is 5.73 Å². The van der Waals surface area contributed by atoms with E-state index in [1.165, 1.54) is 6.33 Å². The van der Waals surface area contributed by atoms with E-state index >= 15 is 0 Å². The van der Waals surface area contributed by atoms with Gasteiger partial charge in [-0.2, -0.15) is 10.2 Å². The molecule has 7 nitrogen and oxygen atoms in total. The fraction of sp³-hybridized carbons (Fsp3) is 0. The molecule has 3 aromatic heterocycles. The van der Waals surface area contributed by atoms with Gasteiger partial charge in [0.25, 0.3) is 0 Å². The van der Waals surface area contributed by atoms with Crippen LogP contribution in [0.3, 0.4) is 0 Å². The van der Waals surface area contributed by atoms with E-state index in [4.69, 9.17) is 5.73 Å². The van der Waals surface area contributed by atoms with Crippen LogP contribution >= 0.6 is 0 Å². The molecule has 0 aliphatic carbocycles. The van der Waals surface area contributed by atoms with E-state index in [-0.39, 0.29) is 0 Å². The first kappa shape index (κ1) is 10.0. The largest absolute Gasteiger partial charge is 0.383 e. The number of hydrogen-bond acceptors (Lipinski definition) is 5. The summed E-state index contributed by atoms with van der Waals surface area (Å²) < 4.78 is 0. The van der Waals surface area contributed by atoms with Gasteiger partial charge in [-0.3, -0.25) is 10.2 Å². The minimum absolute atomic E-state index is 0.415. The number of nitrogens with two attached hydrogens (primary N) is 1. The summed E-state index contributed by atoms with van der Waals surface area (Å²) in [6.07, 6.45) is 3.19. The predicted molar refractivity (Wildman–Crippen MR) is 71.2 cm³/mol. The van der Waals surface area contributed by atoms with Crippen molar-refractivity contribution in [1.82, 2.24) is 30.4 Å². The number of H-pyrrole nitrogens is 2. The Morgan fingerprint density at radius 1 is 1.11 bits per heavy atom. The van der Waals surface area contributed by atoms with Crippen molar-refractivity contribution >= 4 is 27.8 Å². The van der Waals surface area contributed by atoms with Crippen LogP contribution in [0.1, 0.15) is 0 Å². The molecule has 0 bridgehead atoms. The third-order valence-electron chi connectivity index (χ3n) is 3.10. The molecule has 0 spiro atoms. The molecule has 4 N–H and O–H groups in total. The molecule has 0 saturated carbocycles. The van der Waals surface area contributed by atoms with E-state index in [0.717, 1.165) is 27.5 Å². The lowest BCUT2D eigenvalue weighted by Crippen LogP contribution is -1.92. The SMILES string of the molecule is Nc1ncnc2[nH]nc(-c3ccc4cn[nH]c4c3)c12. The van der Waals surface area contributed by atoms with E-state index < -0.39 is 0 Å². The second-order valence-electron chi connectivity index (χ2n) is 4.23. The molecule has 0 atom stereocenters. The van der Waals surface area contributed by atoms with Crippen molar-refractivity contribution in [3.8, 4) is 11.3 Å². The number of nitrogen functional groups attached to an aromatic ring is 1. The maximum absolute atomic E-state index is 5.90. The van der Waals surface area contributed by atoms with E-state index in [9.17, 15) is 0 Å². The van der Waals surface area contributed by atoms with Gasteiger partial charge in [0, 0.05) is 10.9 Å². The predicted octanol–water partition coefficient (Wildman–Crippen LogP) is 1.48. The average Bonchev–Trinajstić information content (AvgIpc) is 3.04. The molecule has 0 aliphatic rings. The number of hydrogen-bond donors (Lipinski definition) is 3. The lowest BCUT2D eigenvalue weighted by atomic mass is 10.1. The Morgan fingerprint density at radius 3 is 3.00 bits per heavy atom. The quantitative estimate of drug-likeness (QED) is 0.474. The summed E-state index contributed by atoms with van der Waals surface area (Å²) in [6, 6.07) is 5.93. The van der Waals surface area contributed by atoms with Gasteiger partial charge in [0.2, 0.25) is 0 Å². The molecule has 0 saturated heterocycles. The third kappa shape index (κ3) is 1.38. The average molecular weight is 251 g/mol. The van der Waals surface area contributed by atoms with Crippen molar-refractivity contribution in [2.45, 2.75) is 0 Å². The number of aromatic amines is 2. The van der Waals surface area contributed by atoms with Crippen LogP contribution in [-0.2, 0) is 0 Å². The first-order chi connectivity index (χ1) is 9.33. The van der Waals surface area contributed by atoms with Crippen LogP contribution in [0.4, 0.5) is 5.82 Å². The lowest BCUT2D eigenvalue weighted by Gasteiger charge is -1.99. The summed E-state index contributed by atoms with van der Waals surface area (Å²) in [7, 11) is 0. The Hall–Kier alpha value is -2.96. The number of aromatic nitrogens is 6. The summed E-state index contributed by atoms with van der Waals surface area (Å²) in [5.74, 6) is 0.415. The standard InChI is InChI=1S/C12H9N7/c13-11-9-10(18-19-12(9)15-5-14-11)6-1-2-7-4-16-17-8(7)3-6/h1-5H,(H,16,17)(H3,13,14,15,18,19). The van der Waals surface area contributed by atoms with Gasteiger partial charge in [-0.1, -0.05) is 12.1 Å². The second kappa shape index (κ2) is 3.52. The van der Waals surface area contributed by atoms with Gasteiger partial charge in [-0.15, -0.1) is 0 Å². The van der Waals surface area contributed by atoms with Crippen LogP contribution in [0.15, 0.2) is 30.7 Å². The zero-order valence-electron chi connectivity index (χ0n) is 9.75. The molecule has 3 heterocycles. The molecular weight excluding hydrogens is 242 g/mol. The van der Waals surface area contributed by atoms with Gasteiger partial charge in [-0.05, 0) is 6.07 Å². The van der Waals surface area contributed by atoms with Crippen LogP contribution in [0.2, 0.25) is 0 Å². The van der Waals surface area contributed by atoms with Crippen molar-refractivity contribution in [3.05, 3.63) is 30.7 Å². The number of anilines is 1. The highest BCUT2D eigenvalue weighted by Crippen LogP contribution is 2.29. The van der Waals surface area contributed by atoms with E-state index in [2.05, 4.69) is 30.4 Å². The molecular formula is C12H9N7. The van der Waals surface area contributed by atoms with Crippen LogP contribution in [0, 0.1) is 0 Å². The van der Waals surface area contributed by atoms with Gasteiger partial charge >= 0.3 is 0 Å². The van der Waals surface area contributed by atoms with Crippen molar-refractivity contribution in [2.24, 2.45) is 0 Å². The smallest absolute Gasteiger partial charge is 0.161 e. The molecule has 1 aromatic carbocycles. The first-order valence-corrected chi connectivity index (χ1v) is 5.71. The van der Waals surface area contributed by atoms with Crippen molar-refractivity contribution in [3.63, 3.8) is 0 Å². The fourth-order valence-electron chi connectivity index (χ4n) is 2.18. The summed E-state index contributed by atoms with van der Waals surface area (Å²) in [6.45, 7) is 0. The normalized spacial score (nSPS) is 11.4. The zero-order valence-corrected chi connectivity index (χ0v) is 9.75. The van der Waals surface area contributed by atoms with Crippen molar-refractivity contribution in [2.75, 3.05) is 5.73 Å². The molecule has 0 fully saturated rings. The maximum Gasteiger partial charge on any atom is 0.161 e. The number of nitrogens with one attached hydrogen (secondary N) is 2. The summed E-state index contributed by atoms with van der Waals surface area (Å²) >= 11 is 0.